The van der Waals surface area contributed by atoms with E-state index in [0.29, 0.717) is 29.3 Å². The smallest absolute Gasteiger partial charge is 0.333 e. The Kier molecular flexibility index (Phi) is 3.58. The van der Waals surface area contributed by atoms with Gasteiger partial charge in [-0.1, -0.05) is 35.5 Å². The number of benzene rings is 1. The number of rotatable bonds is 4. The number of aromatic nitrogens is 3. The second-order valence-corrected chi connectivity index (χ2v) is 5.23. The quantitative estimate of drug-likeness (QED) is 0.774. The third-order valence-corrected chi connectivity index (χ3v) is 3.67. The highest BCUT2D eigenvalue weighted by Crippen LogP contribution is 2.24. The molecular weight excluding hydrogens is 282 g/mol. The van der Waals surface area contributed by atoms with Crippen LogP contribution < -0.4 is 5.69 Å². The van der Waals surface area contributed by atoms with Gasteiger partial charge in [0.05, 0.1) is 5.69 Å². The molecule has 0 saturated heterocycles. The van der Waals surface area contributed by atoms with E-state index in [1.807, 2.05) is 30.3 Å². The second-order valence-electron chi connectivity index (χ2n) is 5.23. The maximum atomic E-state index is 12.2. The Balaban J connectivity index is 1.93. The lowest BCUT2D eigenvalue weighted by Gasteiger charge is -2.03. The molecule has 0 amide bonds. The lowest BCUT2D eigenvalue weighted by atomic mass is 10.1. The molecule has 0 unspecified atom stereocenters. The number of H-pyrrole nitrogens is 1. The van der Waals surface area contributed by atoms with E-state index in [1.165, 1.54) is 4.57 Å². The van der Waals surface area contributed by atoms with Crippen LogP contribution in [0.3, 0.4) is 0 Å². The summed E-state index contributed by atoms with van der Waals surface area (Å²) >= 11 is 0. The van der Waals surface area contributed by atoms with Crippen molar-refractivity contribution in [1.29, 1.82) is 0 Å². The molecule has 22 heavy (non-hydrogen) atoms. The first kappa shape index (κ1) is 14.2. The highest BCUT2D eigenvalue weighted by molar-refractivity contribution is 5.43. The molecule has 2 N–H and O–H groups in total. The fraction of sp³-hybridized carbons (Fsp3) is 0.250. The van der Waals surface area contributed by atoms with Crippen molar-refractivity contribution >= 4 is 0 Å². The third kappa shape index (κ3) is 2.43. The van der Waals surface area contributed by atoms with Crippen LogP contribution in [0, 0.1) is 13.8 Å². The van der Waals surface area contributed by atoms with Crippen molar-refractivity contribution in [3.8, 4) is 11.6 Å². The zero-order chi connectivity index (χ0) is 15.7. The summed E-state index contributed by atoms with van der Waals surface area (Å²) < 4.78 is 6.27. The van der Waals surface area contributed by atoms with E-state index in [4.69, 9.17) is 4.52 Å². The number of nitrogens with zero attached hydrogens (tertiary/aromatic N) is 2. The predicted octanol–water partition coefficient (Wildman–Crippen LogP) is 2.26. The molecule has 0 atom stereocenters. The topological polar surface area (TPSA) is 84.0 Å². The Morgan fingerprint density at radius 2 is 1.95 bits per heavy atom. The summed E-state index contributed by atoms with van der Waals surface area (Å²) in [5.74, 6) is 0.402. The average molecular weight is 299 g/mol. The van der Waals surface area contributed by atoms with Gasteiger partial charge in [0.15, 0.2) is 5.76 Å². The normalized spacial score (nSPS) is 11.0. The molecule has 2 heterocycles. The standard InChI is InChI=1S/C16H17N3O3/c1-10-14(11(2)22-18-10)19-15(20)13(17-16(19)21)9-8-12-6-4-3-5-7-12/h3-7,20H,8-9H2,1-2H3,(H,17,21). The van der Waals surface area contributed by atoms with E-state index in [1.54, 1.807) is 13.8 Å². The van der Waals surface area contributed by atoms with Crippen LogP contribution in [0.5, 0.6) is 5.88 Å². The number of aromatic hydroxyl groups is 1. The molecule has 0 aliphatic carbocycles. The van der Waals surface area contributed by atoms with Crippen LogP contribution >= 0.6 is 0 Å². The van der Waals surface area contributed by atoms with E-state index in [0.717, 1.165) is 12.0 Å². The van der Waals surface area contributed by atoms with Crippen LogP contribution in [-0.4, -0.2) is 19.8 Å². The highest BCUT2D eigenvalue weighted by atomic mass is 16.5. The summed E-state index contributed by atoms with van der Waals surface area (Å²) in [7, 11) is 0. The van der Waals surface area contributed by atoms with E-state index in [2.05, 4.69) is 10.1 Å². The van der Waals surface area contributed by atoms with Gasteiger partial charge < -0.3 is 14.6 Å². The Morgan fingerprint density at radius 3 is 2.59 bits per heavy atom. The monoisotopic (exact) mass is 299 g/mol. The summed E-state index contributed by atoms with van der Waals surface area (Å²) in [4.78, 5) is 14.9. The maximum absolute atomic E-state index is 12.2. The minimum Gasteiger partial charge on any atom is -0.493 e. The largest absolute Gasteiger partial charge is 0.493 e. The molecule has 3 rings (SSSR count). The van der Waals surface area contributed by atoms with E-state index < -0.39 is 5.69 Å². The van der Waals surface area contributed by atoms with Crippen molar-refractivity contribution in [1.82, 2.24) is 14.7 Å². The molecule has 0 spiro atoms. The Hall–Kier alpha value is -2.76. The van der Waals surface area contributed by atoms with Gasteiger partial charge in [0.2, 0.25) is 5.88 Å². The molecule has 0 aliphatic rings. The zero-order valence-electron chi connectivity index (χ0n) is 12.5. The molecule has 3 aromatic rings. The van der Waals surface area contributed by atoms with Gasteiger partial charge in [-0.25, -0.2) is 9.36 Å². The van der Waals surface area contributed by atoms with Crippen molar-refractivity contribution in [2.75, 3.05) is 0 Å². The number of hydrogen-bond donors (Lipinski definition) is 2. The molecule has 0 bridgehead atoms. The van der Waals surface area contributed by atoms with Gasteiger partial charge in [-0.3, -0.25) is 0 Å². The molecule has 0 fully saturated rings. The lowest BCUT2D eigenvalue weighted by molar-refractivity contribution is 0.391. The summed E-state index contributed by atoms with van der Waals surface area (Å²) in [5.41, 5.74) is 2.31. The molecule has 1 aromatic carbocycles. The van der Waals surface area contributed by atoms with Gasteiger partial charge in [-0.05, 0) is 32.3 Å². The minimum absolute atomic E-state index is 0.0877. The Labute approximate surface area is 127 Å². The van der Waals surface area contributed by atoms with Crippen molar-refractivity contribution in [2.24, 2.45) is 0 Å². The fourth-order valence-corrected chi connectivity index (χ4v) is 2.57. The van der Waals surface area contributed by atoms with Crippen LogP contribution in [0.15, 0.2) is 39.6 Å². The van der Waals surface area contributed by atoms with Gasteiger partial charge in [-0.15, -0.1) is 0 Å². The molecule has 114 valence electrons. The molecule has 6 heteroatoms. The molecular formula is C16H17N3O3. The van der Waals surface area contributed by atoms with Gasteiger partial charge in [0.1, 0.15) is 11.4 Å². The van der Waals surface area contributed by atoms with Crippen molar-refractivity contribution in [3.63, 3.8) is 0 Å². The van der Waals surface area contributed by atoms with Gasteiger partial charge in [0, 0.05) is 0 Å². The first-order chi connectivity index (χ1) is 10.6. The number of imidazole rings is 1. The minimum atomic E-state index is -0.394. The van der Waals surface area contributed by atoms with Crippen molar-refractivity contribution in [2.45, 2.75) is 26.7 Å². The predicted molar refractivity (Wildman–Crippen MR) is 81.4 cm³/mol. The van der Waals surface area contributed by atoms with Crippen LogP contribution in [0.2, 0.25) is 0 Å². The van der Waals surface area contributed by atoms with Gasteiger partial charge in [-0.2, -0.15) is 0 Å². The Morgan fingerprint density at radius 1 is 1.23 bits per heavy atom. The van der Waals surface area contributed by atoms with E-state index in [9.17, 15) is 9.90 Å². The van der Waals surface area contributed by atoms with Gasteiger partial charge >= 0.3 is 5.69 Å². The summed E-state index contributed by atoms with van der Waals surface area (Å²) in [6.45, 7) is 3.44. The first-order valence-corrected chi connectivity index (χ1v) is 7.08. The highest BCUT2D eigenvalue weighted by Gasteiger charge is 2.20. The Bertz CT molecular complexity index is 824. The number of aromatic amines is 1. The first-order valence-electron chi connectivity index (χ1n) is 7.08. The van der Waals surface area contributed by atoms with Gasteiger partial charge in [0.25, 0.3) is 0 Å². The second kappa shape index (κ2) is 5.55. The SMILES string of the molecule is Cc1noc(C)c1-n1c(O)c(CCc2ccccc2)[nH]c1=O. The van der Waals surface area contributed by atoms with Crippen LogP contribution in [0.1, 0.15) is 22.7 Å². The fourth-order valence-electron chi connectivity index (χ4n) is 2.57. The third-order valence-electron chi connectivity index (χ3n) is 3.67. The van der Waals surface area contributed by atoms with Crippen LogP contribution in [-0.2, 0) is 12.8 Å². The maximum Gasteiger partial charge on any atom is 0.333 e. The number of aryl methyl sites for hydroxylation is 4. The summed E-state index contributed by atoms with van der Waals surface area (Å²) in [6, 6.07) is 9.91. The average Bonchev–Trinajstić information content (AvgIpc) is 2.98. The lowest BCUT2D eigenvalue weighted by Crippen LogP contribution is -2.15. The summed E-state index contributed by atoms with van der Waals surface area (Å²) in [6.07, 6.45) is 1.28. The molecule has 2 aromatic heterocycles. The van der Waals surface area contributed by atoms with Crippen molar-refractivity contribution < 1.29 is 9.63 Å². The summed E-state index contributed by atoms with van der Waals surface area (Å²) in [5, 5.41) is 14.2. The molecule has 6 nitrogen and oxygen atoms in total. The van der Waals surface area contributed by atoms with E-state index >= 15 is 0 Å². The van der Waals surface area contributed by atoms with Crippen LogP contribution in [0.25, 0.3) is 5.69 Å². The molecule has 0 aliphatic heterocycles. The molecule has 0 radical (unpaired) electrons. The molecule has 0 saturated carbocycles. The van der Waals surface area contributed by atoms with Crippen molar-refractivity contribution in [3.05, 3.63) is 63.5 Å². The zero-order valence-corrected chi connectivity index (χ0v) is 12.5. The van der Waals surface area contributed by atoms with E-state index in [-0.39, 0.29) is 5.88 Å². The number of nitrogens with one attached hydrogen (secondary N) is 1. The van der Waals surface area contributed by atoms with Crippen LogP contribution in [0.4, 0.5) is 0 Å². The number of hydrogen-bond acceptors (Lipinski definition) is 4.